The van der Waals surface area contributed by atoms with Crippen LogP contribution in [0.2, 0.25) is 10.0 Å². The van der Waals surface area contributed by atoms with Gasteiger partial charge in [-0.2, -0.15) is 5.10 Å². The Morgan fingerprint density at radius 3 is 2.71 bits per heavy atom. The lowest BCUT2D eigenvalue weighted by atomic mass is 10.2. The molecule has 1 N–H and O–H groups in total. The summed E-state index contributed by atoms with van der Waals surface area (Å²) in [5.41, 5.74) is 4.69. The Morgan fingerprint density at radius 1 is 1.17 bits per heavy atom. The highest BCUT2D eigenvalue weighted by Gasteiger charge is 2.06. The van der Waals surface area contributed by atoms with Crippen LogP contribution in [0.15, 0.2) is 47.6 Å². The van der Waals surface area contributed by atoms with E-state index in [1.807, 2.05) is 24.3 Å². The zero-order valence-electron chi connectivity index (χ0n) is 12.5. The lowest BCUT2D eigenvalue weighted by Gasteiger charge is -2.03. The van der Waals surface area contributed by atoms with E-state index < -0.39 is 0 Å². The minimum Gasteiger partial charge on any atom is -0.273 e. The summed E-state index contributed by atoms with van der Waals surface area (Å²) in [5, 5.41) is 12.9. The van der Waals surface area contributed by atoms with Gasteiger partial charge in [-0.3, -0.25) is 4.79 Å². The lowest BCUT2D eigenvalue weighted by molar-refractivity contribution is -0.121. The third-order valence-corrected chi connectivity index (χ3v) is 4.01. The number of hydrazone groups is 1. The molecule has 3 rings (SSSR count). The van der Waals surface area contributed by atoms with Gasteiger partial charge in [0.25, 0.3) is 0 Å². The first-order chi connectivity index (χ1) is 11.6. The molecule has 1 amide bonds. The molecule has 0 atom stereocenters. The van der Waals surface area contributed by atoms with E-state index in [0.717, 1.165) is 11.0 Å². The smallest absolute Gasteiger partial charge is 0.241 e. The van der Waals surface area contributed by atoms with E-state index >= 15 is 0 Å². The predicted octanol–water partition coefficient (Wildman–Crippen LogP) is 3.28. The fourth-order valence-corrected chi connectivity index (χ4v) is 2.64. The first-order valence-corrected chi connectivity index (χ1v) is 7.95. The van der Waals surface area contributed by atoms with Crippen molar-refractivity contribution < 1.29 is 4.79 Å². The molecule has 0 saturated carbocycles. The maximum absolute atomic E-state index is 11.9. The van der Waals surface area contributed by atoms with Crippen molar-refractivity contribution >= 4 is 46.4 Å². The summed E-state index contributed by atoms with van der Waals surface area (Å²) in [6.45, 7) is 0.411. The molecule has 0 saturated heterocycles. The maximum atomic E-state index is 11.9. The number of hydrogen-bond donors (Lipinski definition) is 1. The number of nitrogens with zero attached hydrogens (tertiary/aromatic N) is 4. The second-order valence-corrected chi connectivity index (χ2v) is 5.79. The Morgan fingerprint density at radius 2 is 1.92 bits per heavy atom. The molecule has 1 heterocycles. The van der Waals surface area contributed by atoms with E-state index in [-0.39, 0.29) is 12.3 Å². The first kappa shape index (κ1) is 16.4. The number of rotatable bonds is 5. The van der Waals surface area contributed by atoms with Crippen molar-refractivity contribution in [1.82, 2.24) is 20.4 Å². The summed E-state index contributed by atoms with van der Waals surface area (Å²) in [6, 6.07) is 12.7. The van der Waals surface area contributed by atoms with Gasteiger partial charge in [-0.25, -0.2) is 10.1 Å². The molecule has 2 aromatic carbocycles. The van der Waals surface area contributed by atoms with Crippen molar-refractivity contribution in [3.05, 3.63) is 58.1 Å². The number of aryl methyl sites for hydroxylation is 1. The number of benzene rings is 2. The van der Waals surface area contributed by atoms with Gasteiger partial charge in [0.05, 0.1) is 28.3 Å². The Balaban J connectivity index is 1.57. The fourth-order valence-electron chi connectivity index (χ4n) is 2.15. The van der Waals surface area contributed by atoms with E-state index in [4.69, 9.17) is 23.2 Å². The van der Waals surface area contributed by atoms with Crippen molar-refractivity contribution in [2.75, 3.05) is 0 Å². The highest BCUT2D eigenvalue weighted by molar-refractivity contribution is 6.38. The van der Waals surface area contributed by atoms with E-state index in [1.54, 1.807) is 22.9 Å². The third kappa shape index (κ3) is 3.72. The predicted molar refractivity (Wildman–Crippen MR) is 94.3 cm³/mol. The van der Waals surface area contributed by atoms with Crippen LogP contribution in [0.25, 0.3) is 11.0 Å². The highest BCUT2D eigenvalue weighted by Crippen LogP contribution is 2.21. The van der Waals surface area contributed by atoms with Gasteiger partial charge in [0.2, 0.25) is 5.91 Å². The average molecular weight is 362 g/mol. The Labute approximate surface area is 148 Å². The van der Waals surface area contributed by atoms with E-state index in [9.17, 15) is 4.79 Å². The Bertz CT molecular complexity index is 886. The van der Waals surface area contributed by atoms with Crippen LogP contribution in [0.1, 0.15) is 12.0 Å². The number of fused-ring (bicyclic) bond motifs is 1. The second kappa shape index (κ2) is 7.42. The second-order valence-electron chi connectivity index (χ2n) is 4.98. The Hall–Kier alpha value is -2.44. The van der Waals surface area contributed by atoms with Crippen LogP contribution in [0, 0.1) is 0 Å². The van der Waals surface area contributed by atoms with Gasteiger partial charge in [0.1, 0.15) is 5.52 Å². The first-order valence-electron chi connectivity index (χ1n) is 7.19. The summed E-state index contributed by atoms with van der Waals surface area (Å²) in [7, 11) is 0. The van der Waals surface area contributed by atoms with Gasteiger partial charge < -0.3 is 0 Å². The minimum atomic E-state index is -0.242. The van der Waals surface area contributed by atoms with Gasteiger partial charge in [-0.05, 0) is 24.3 Å². The molecule has 24 heavy (non-hydrogen) atoms. The normalized spacial score (nSPS) is 11.2. The standard InChI is InChI=1S/C16H13Cl2N5O/c17-12-4-3-5-13(18)11(12)10-19-21-16(24)8-9-23-15-7-2-1-6-14(15)20-22-23/h1-7,10H,8-9H2,(H,21,24)/b19-10-. The van der Waals surface area contributed by atoms with Gasteiger partial charge in [0.15, 0.2) is 0 Å². The number of carbonyl (C=O) groups is 1. The monoisotopic (exact) mass is 361 g/mol. The summed E-state index contributed by atoms with van der Waals surface area (Å²) in [4.78, 5) is 11.9. The zero-order chi connectivity index (χ0) is 16.9. The van der Waals surface area contributed by atoms with E-state index in [2.05, 4.69) is 20.8 Å². The molecule has 3 aromatic rings. The molecule has 0 fully saturated rings. The number of amides is 1. The van der Waals surface area contributed by atoms with Crippen molar-refractivity contribution in [3.8, 4) is 0 Å². The summed E-state index contributed by atoms with van der Waals surface area (Å²) in [6.07, 6.45) is 1.65. The van der Waals surface area contributed by atoms with Crippen molar-refractivity contribution in [2.45, 2.75) is 13.0 Å². The zero-order valence-corrected chi connectivity index (χ0v) is 14.0. The van der Waals surface area contributed by atoms with Crippen LogP contribution in [0.4, 0.5) is 0 Å². The molecule has 0 unspecified atom stereocenters. The van der Waals surface area contributed by atoms with Crippen molar-refractivity contribution in [3.63, 3.8) is 0 Å². The van der Waals surface area contributed by atoms with Crippen LogP contribution in [0.5, 0.6) is 0 Å². The van der Waals surface area contributed by atoms with Crippen LogP contribution < -0.4 is 5.43 Å². The molecule has 8 heteroatoms. The number of aromatic nitrogens is 3. The topological polar surface area (TPSA) is 72.2 Å². The molecule has 122 valence electrons. The van der Waals surface area contributed by atoms with Crippen LogP contribution in [0.3, 0.4) is 0 Å². The van der Waals surface area contributed by atoms with Crippen molar-refractivity contribution in [2.24, 2.45) is 5.10 Å². The Kier molecular flexibility index (Phi) is 5.08. The van der Waals surface area contributed by atoms with Gasteiger partial charge in [-0.1, -0.05) is 46.6 Å². The van der Waals surface area contributed by atoms with Gasteiger partial charge in [0, 0.05) is 12.0 Å². The fraction of sp³-hybridized carbons (Fsp3) is 0.125. The lowest BCUT2D eigenvalue weighted by Crippen LogP contribution is -2.19. The molecule has 1 aromatic heterocycles. The molecular formula is C16H13Cl2N5O. The highest BCUT2D eigenvalue weighted by atomic mass is 35.5. The minimum absolute atomic E-state index is 0.223. The average Bonchev–Trinajstić information content (AvgIpc) is 2.99. The summed E-state index contributed by atoms with van der Waals surface area (Å²) >= 11 is 12.0. The number of para-hydroxylation sites is 1. The molecule has 0 bridgehead atoms. The molecule has 0 radical (unpaired) electrons. The molecule has 0 aliphatic heterocycles. The van der Waals surface area contributed by atoms with Crippen LogP contribution in [-0.4, -0.2) is 27.1 Å². The van der Waals surface area contributed by atoms with Gasteiger partial charge in [-0.15, -0.1) is 5.10 Å². The van der Waals surface area contributed by atoms with E-state index in [0.29, 0.717) is 22.2 Å². The van der Waals surface area contributed by atoms with E-state index in [1.165, 1.54) is 6.21 Å². The quantitative estimate of drug-likeness (QED) is 0.559. The molecule has 0 aliphatic rings. The molecule has 6 nitrogen and oxygen atoms in total. The van der Waals surface area contributed by atoms with Crippen LogP contribution >= 0.6 is 23.2 Å². The largest absolute Gasteiger partial charge is 0.273 e. The SMILES string of the molecule is O=C(CCn1nnc2ccccc21)N/N=C\c1c(Cl)cccc1Cl. The van der Waals surface area contributed by atoms with Gasteiger partial charge >= 0.3 is 0 Å². The molecule has 0 spiro atoms. The van der Waals surface area contributed by atoms with Crippen molar-refractivity contribution in [1.29, 1.82) is 0 Å². The molecule has 0 aliphatic carbocycles. The maximum Gasteiger partial charge on any atom is 0.241 e. The van der Waals surface area contributed by atoms with Crippen LogP contribution in [-0.2, 0) is 11.3 Å². The number of carbonyl (C=O) groups excluding carboxylic acids is 1. The number of nitrogens with one attached hydrogen (secondary N) is 1. The molecular weight excluding hydrogens is 349 g/mol. The third-order valence-electron chi connectivity index (χ3n) is 3.35. The number of hydrogen-bond acceptors (Lipinski definition) is 4. The number of halogens is 2. The summed E-state index contributed by atoms with van der Waals surface area (Å²) in [5.74, 6) is -0.242. The summed E-state index contributed by atoms with van der Waals surface area (Å²) < 4.78 is 1.68.